The number of hydrogen-bond acceptors (Lipinski definition) is 5. The largest absolute Gasteiger partial charge is 0.478 e. The first-order valence-electron chi connectivity index (χ1n) is 6.40. The van der Waals surface area contributed by atoms with Gasteiger partial charge in [-0.05, 0) is 20.3 Å². The van der Waals surface area contributed by atoms with Crippen LogP contribution in [0, 0.1) is 6.92 Å². The molecular weight excluding hydrogens is 242 g/mol. The van der Waals surface area contributed by atoms with Crippen molar-refractivity contribution in [2.75, 3.05) is 11.9 Å². The molecule has 2 rings (SSSR count). The molecule has 0 saturated carbocycles. The first-order valence-corrected chi connectivity index (χ1v) is 6.40. The molecule has 0 saturated heterocycles. The summed E-state index contributed by atoms with van der Waals surface area (Å²) in [5, 5.41) is 7.57. The van der Waals surface area contributed by atoms with Gasteiger partial charge in [-0.2, -0.15) is 10.1 Å². The Labute approximate surface area is 112 Å². The predicted molar refractivity (Wildman–Crippen MR) is 73.8 cm³/mol. The van der Waals surface area contributed by atoms with Gasteiger partial charge in [0.2, 0.25) is 11.8 Å². The summed E-state index contributed by atoms with van der Waals surface area (Å²) in [6.07, 6.45) is 2.78. The molecule has 0 bridgehead atoms. The van der Waals surface area contributed by atoms with Gasteiger partial charge >= 0.3 is 0 Å². The molecule has 0 aliphatic heterocycles. The molecule has 0 spiro atoms. The van der Waals surface area contributed by atoms with Crippen LogP contribution in [0.4, 0.5) is 11.6 Å². The van der Waals surface area contributed by atoms with Gasteiger partial charge in [0.05, 0.1) is 18.0 Å². The summed E-state index contributed by atoms with van der Waals surface area (Å²) in [5.41, 5.74) is 2.78. The van der Waals surface area contributed by atoms with E-state index in [1.54, 1.807) is 4.68 Å². The topological polar surface area (TPSA) is 64.9 Å². The lowest BCUT2D eigenvalue weighted by atomic mass is 10.3. The summed E-state index contributed by atoms with van der Waals surface area (Å²) in [4.78, 5) is 8.68. The van der Waals surface area contributed by atoms with Crippen molar-refractivity contribution in [3.8, 4) is 5.88 Å². The number of anilines is 2. The van der Waals surface area contributed by atoms with Crippen molar-refractivity contribution >= 4 is 11.6 Å². The van der Waals surface area contributed by atoms with Crippen LogP contribution < -0.4 is 10.1 Å². The highest BCUT2D eigenvalue weighted by atomic mass is 16.5. The SMILES string of the molecule is CCOc1cc(C)nc(Nc2cn(C)nc2CC)n1. The fourth-order valence-corrected chi connectivity index (χ4v) is 1.84. The fraction of sp³-hybridized carbons (Fsp3) is 0.462. The van der Waals surface area contributed by atoms with E-state index in [4.69, 9.17) is 4.74 Å². The number of aromatic nitrogens is 4. The van der Waals surface area contributed by atoms with E-state index >= 15 is 0 Å². The molecule has 0 fully saturated rings. The van der Waals surface area contributed by atoms with Crippen molar-refractivity contribution in [3.63, 3.8) is 0 Å². The Kier molecular flexibility index (Phi) is 3.99. The Bertz CT molecular complexity index is 564. The smallest absolute Gasteiger partial charge is 0.230 e. The molecule has 102 valence electrons. The second-order valence-corrected chi connectivity index (χ2v) is 4.25. The van der Waals surface area contributed by atoms with Crippen LogP contribution in [0.3, 0.4) is 0 Å². The average molecular weight is 261 g/mol. The van der Waals surface area contributed by atoms with Crippen LogP contribution in [-0.4, -0.2) is 26.4 Å². The van der Waals surface area contributed by atoms with Gasteiger partial charge in [0.15, 0.2) is 0 Å². The highest BCUT2D eigenvalue weighted by molar-refractivity contribution is 5.55. The summed E-state index contributed by atoms with van der Waals surface area (Å²) in [7, 11) is 1.90. The highest BCUT2D eigenvalue weighted by Crippen LogP contribution is 2.20. The molecule has 1 N–H and O–H groups in total. The van der Waals surface area contributed by atoms with Gasteiger partial charge in [-0.15, -0.1) is 0 Å². The lowest BCUT2D eigenvalue weighted by Gasteiger charge is -2.07. The quantitative estimate of drug-likeness (QED) is 0.894. The van der Waals surface area contributed by atoms with Crippen LogP contribution in [-0.2, 0) is 13.5 Å². The molecule has 2 aromatic rings. The number of nitrogens with zero attached hydrogens (tertiary/aromatic N) is 4. The zero-order chi connectivity index (χ0) is 13.8. The standard InChI is InChI=1S/C13H19N5O/c1-5-10-11(8-18(4)17-10)15-13-14-9(3)7-12(16-13)19-6-2/h7-8H,5-6H2,1-4H3,(H,14,15,16). The summed E-state index contributed by atoms with van der Waals surface area (Å²) < 4.78 is 7.19. The van der Waals surface area contributed by atoms with E-state index in [0.717, 1.165) is 23.5 Å². The summed E-state index contributed by atoms with van der Waals surface area (Å²) in [5.74, 6) is 1.12. The Morgan fingerprint density at radius 1 is 1.32 bits per heavy atom. The van der Waals surface area contributed by atoms with Crippen molar-refractivity contribution in [3.05, 3.63) is 23.7 Å². The predicted octanol–water partition coefficient (Wildman–Crippen LogP) is 2.22. The monoisotopic (exact) mass is 261 g/mol. The Balaban J connectivity index is 2.26. The average Bonchev–Trinajstić information content (AvgIpc) is 2.69. The molecule has 6 heteroatoms. The second kappa shape index (κ2) is 5.69. The van der Waals surface area contributed by atoms with Crippen molar-refractivity contribution in [1.29, 1.82) is 0 Å². The van der Waals surface area contributed by atoms with E-state index in [0.29, 0.717) is 18.4 Å². The second-order valence-electron chi connectivity index (χ2n) is 4.25. The van der Waals surface area contributed by atoms with Crippen molar-refractivity contribution in [1.82, 2.24) is 19.7 Å². The van der Waals surface area contributed by atoms with Gasteiger partial charge in [0.25, 0.3) is 0 Å². The molecule has 0 aliphatic rings. The first-order chi connectivity index (χ1) is 9.12. The van der Waals surface area contributed by atoms with E-state index in [1.165, 1.54) is 0 Å². The van der Waals surface area contributed by atoms with E-state index in [1.807, 2.05) is 33.2 Å². The van der Waals surface area contributed by atoms with E-state index in [2.05, 4.69) is 27.3 Å². The van der Waals surface area contributed by atoms with Crippen LogP contribution in [0.15, 0.2) is 12.3 Å². The molecule has 0 amide bonds. The molecule has 2 heterocycles. The van der Waals surface area contributed by atoms with Crippen LogP contribution in [0.2, 0.25) is 0 Å². The molecule has 0 atom stereocenters. The minimum absolute atomic E-state index is 0.533. The van der Waals surface area contributed by atoms with Gasteiger partial charge in [0, 0.05) is 25.0 Å². The lowest BCUT2D eigenvalue weighted by Crippen LogP contribution is -2.03. The van der Waals surface area contributed by atoms with Crippen molar-refractivity contribution < 1.29 is 4.74 Å². The third-order valence-corrected chi connectivity index (χ3v) is 2.61. The maximum Gasteiger partial charge on any atom is 0.230 e. The Hall–Kier alpha value is -2.11. The Morgan fingerprint density at radius 2 is 2.11 bits per heavy atom. The van der Waals surface area contributed by atoms with Gasteiger partial charge in [-0.25, -0.2) is 4.98 Å². The number of hydrogen-bond donors (Lipinski definition) is 1. The number of nitrogens with one attached hydrogen (secondary N) is 1. The van der Waals surface area contributed by atoms with Gasteiger partial charge in [0.1, 0.15) is 0 Å². The van der Waals surface area contributed by atoms with Crippen molar-refractivity contribution in [2.45, 2.75) is 27.2 Å². The van der Waals surface area contributed by atoms with Crippen LogP contribution in [0.5, 0.6) is 5.88 Å². The maximum atomic E-state index is 5.41. The number of aryl methyl sites for hydroxylation is 3. The third-order valence-electron chi connectivity index (χ3n) is 2.61. The molecule has 6 nitrogen and oxygen atoms in total. The molecular formula is C13H19N5O. The minimum Gasteiger partial charge on any atom is -0.478 e. The first kappa shape index (κ1) is 13.3. The van der Waals surface area contributed by atoms with Crippen molar-refractivity contribution in [2.24, 2.45) is 7.05 Å². The van der Waals surface area contributed by atoms with Crippen LogP contribution in [0.1, 0.15) is 25.2 Å². The molecule has 0 aromatic carbocycles. The van der Waals surface area contributed by atoms with Gasteiger partial charge in [-0.3, -0.25) is 4.68 Å². The molecule has 0 radical (unpaired) electrons. The molecule has 2 aromatic heterocycles. The molecule has 19 heavy (non-hydrogen) atoms. The summed E-state index contributed by atoms with van der Waals surface area (Å²) in [6, 6.07) is 1.82. The maximum absolute atomic E-state index is 5.41. The van der Waals surface area contributed by atoms with Gasteiger partial charge < -0.3 is 10.1 Å². The molecule has 0 aliphatic carbocycles. The summed E-state index contributed by atoms with van der Waals surface area (Å²) >= 11 is 0. The minimum atomic E-state index is 0.533. The summed E-state index contributed by atoms with van der Waals surface area (Å²) in [6.45, 7) is 6.50. The lowest BCUT2D eigenvalue weighted by molar-refractivity contribution is 0.326. The number of ether oxygens (including phenoxy) is 1. The van der Waals surface area contributed by atoms with Gasteiger partial charge in [-0.1, -0.05) is 6.92 Å². The number of rotatable bonds is 5. The van der Waals surface area contributed by atoms with Crippen LogP contribution in [0.25, 0.3) is 0 Å². The third kappa shape index (κ3) is 3.21. The van der Waals surface area contributed by atoms with E-state index < -0.39 is 0 Å². The normalized spacial score (nSPS) is 10.5. The van der Waals surface area contributed by atoms with E-state index in [9.17, 15) is 0 Å². The highest BCUT2D eigenvalue weighted by Gasteiger charge is 2.09. The fourth-order valence-electron chi connectivity index (χ4n) is 1.84. The van der Waals surface area contributed by atoms with Crippen LogP contribution >= 0.6 is 0 Å². The zero-order valence-electron chi connectivity index (χ0n) is 11.8. The van der Waals surface area contributed by atoms with E-state index in [-0.39, 0.29) is 0 Å². The molecule has 0 unspecified atom stereocenters. The zero-order valence-corrected chi connectivity index (χ0v) is 11.8. The Morgan fingerprint density at radius 3 is 2.79 bits per heavy atom.